The van der Waals surface area contributed by atoms with Crippen LogP contribution in [0.15, 0.2) is 71.2 Å². The van der Waals surface area contributed by atoms with Crippen LogP contribution in [-0.2, 0) is 9.53 Å². The van der Waals surface area contributed by atoms with Gasteiger partial charge in [-0.15, -0.1) is 0 Å². The highest BCUT2D eigenvalue weighted by atomic mass is 79.9. The summed E-state index contributed by atoms with van der Waals surface area (Å²) in [5.74, 6) is -1.48. The van der Waals surface area contributed by atoms with Crippen LogP contribution in [0.3, 0.4) is 0 Å². The molecule has 35 heavy (non-hydrogen) atoms. The molecule has 3 N–H and O–H groups in total. The number of nitrogens with one attached hydrogen (secondary N) is 2. The maximum atomic E-state index is 12.6. The molecule has 8 heteroatoms. The van der Waals surface area contributed by atoms with Crippen LogP contribution in [0.5, 0.6) is 0 Å². The third kappa shape index (κ3) is 5.54. The fourth-order valence-corrected chi connectivity index (χ4v) is 4.72. The largest absolute Gasteiger partial charge is 0.478 e. The highest BCUT2D eigenvalue weighted by Crippen LogP contribution is 2.44. The Kier molecular flexibility index (Phi) is 7.51. The molecule has 1 unspecified atom stereocenters. The van der Waals surface area contributed by atoms with Crippen molar-refractivity contribution in [3.8, 4) is 11.1 Å². The van der Waals surface area contributed by atoms with Gasteiger partial charge in [0.25, 0.3) is 0 Å². The van der Waals surface area contributed by atoms with Crippen LogP contribution < -0.4 is 10.6 Å². The Hall–Kier alpha value is -3.65. The van der Waals surface area contributed by atoms with E-state index in [2.05, 4.69) is 50.8 Å². The van der Waals surface area contributed by atoms with E-state index in [-0.39, 0.29) is 30.4 Å². The molecule has 180 valence electrons. The second-order valence-electron chi connectivity index (χ2n) is 8.33. The van der Waals surface area contributed by atoms with E-state index >= 15 is 0 Å². The number of carboxylic acid groups (broad SMARTS) is 1. The fourth-order valence-electron chi connectivity index (χ4n) is 4.31. The van der Waals surface area contributed by atoms with Crippen LogP contribution in [0.4, 0.5) is 10.5 Å². The number of halogens is 1. The van der Waals surface area contributed by atoms with Gasteiger partial charge >= 0.3 is 12.1 Å². The lowest BCUT2D eigenvalue weighted by Gasteiger charge is -2.19. The molecule has 4 rings (SSSR count). The standard InChI is InChI=1S/C27H25BrN2O5/c1-2-16(14-25(31)29-17-11-12-24(28)22(13-17)26(32)33)30-27(34)35-15-23-20-9-5-3-7-18(20)19-8-4-6-10-21(19)23/h3-13,16,23H,2,14-15H2,1H3,(H,29,31)(H,30,34)(H,32,33). The van der Waals surface area contributed by atoms with Gasteiger partial charge in [-0.3, -0.25) is 4.79 Å². The summed E-state index contributed by atoms with van der Waals surface area (Å²) in [7, 11) is 0. The van der Waals surface area contributed by atoms with E-state index in [1.54, 1.807) is 12.1 Å². The zero-order valence-electron chi connectivity index (χ0n) is 19.1. The lowest BCUT2D eigenvalue weighted by molar-refractivity contribution is -0.116. The third-order valence-corrected chi connectivity index (χ3v) is 6.76. The predicted octanol–water partition coefficient (Wildman–Crippen LogP) is 5.79. The molecule has 0 radical (unpaired) electrons. The molecule has 2 amide bonds. The minimum atomic E-state index is -1.10. The van der Waals surface area contributed by atoms with Gasteiger partial charge in [0.15, 0.2) is 0 Å². The first kappa shape index (κ1) is 24.5. The minimum Gasteiger partial charge on any atom is -0.478 e. The number of anilines is 1. The average molecular weight is 537 g/mol. The average Bonchev–Trinajstić information content (AvgIpc) is 3.17. The van der Waals surface area contributed by atoms with Gasteiger partial charge in [-0.05, 0) is 62.8 Å². The second kappa shape index (κ2) is 10.7. The van der Waals surface area contributed by atoms with Crippen molar-refractivity contribution >= 4 is 39.6 Å². The molecule has 1 aliphatic rings. The Morgan fingerprint density at radius 2 is 1.63 bits per heavy atom. The van der Waals surface area contributed by atoms with Crippen LogP contribution in [0.1, 0.15) is 47.2 Å². The quantitative estimate of drug-likeness (QED) is 0.337. The number of carbonyl (C=O) groups is 3. The number of rotatable bonds is 8. The third-order valence-electron chi connectivity index (χ3n) is 6.07. The summed E-state index contributed by atoms with van der Waals surface area (Å²) in [5, 5.41) is 14.7. The van der Waals surface area contributed by atoms with Crippen molar-refractivity contribution in [3.63, 3.8) is 0 Å². The van der Waals surface area contributed by atoms with Crippen LogP contribution in [0.25, 0.3) is 11.1 Å². The van der Waals surface area contributed by atoms with Crippen molar-refractivity contribution in [1.29, 1.82) is 0 Å². The predicted molar refractivity (Wildman–Crippen MR) is 137 cm³/mol. The minimum absolute atomic E-state index is 0.0269. The molecule has 1 atom stereocenters. The smallest absolute Gasteiger partial charge is 0.407 e. The summed E-state index contributed by atoms with van der Waals surface area (Å²) in [6.07, 6.45) is -0.0272. The number of hydrogen-bond acceptors (Lipinski definition) is 4. The summed E-state index contributed by atoms with van der Waals surface area (Å²) < 4.78 is 6.00. The van der Waals surface area contributed by atoms with Gasteiger partial charge in [0.1, 0.15) is 6.61 Å². The summed E-state index contributed by atoms with van der Waals surface area (Å²) in [5.41, 5.74) is 4.97. The Morgan fingerprint density at radius 3 is 2.23 bits per heavy atom. The van der Waals surface area contributed by atoms with Crippen molar-refractivity contribution in [2.45, 2.75) is 31.7 Å². The Labute approximate surface area is 211 Å². The number of alkyl carbamates (subject to hydrolysis) is 1. The maximum absolute atomic E-state index is 12.6. The lowest BCUT2D eigenvalue weighted by Crippen LogP contribution is -2.38. The van der Waals surface area contributed by atoms with Gasteiger partial charge in [-0.2, -0.15) is 0 Å². The van der Waals surface area contributed by atoms with Crippen molar-refractivity contribution in [3.05, 3.63) is 87.9 Å². The molecule has 0 saturated heterocycles. The van der Waals surface area contributed by atoms with Crippen molar-refractivity contribution < 1.29 is 24.2 Å². The molecular weight excluding hydrogens is 512 g/mol. The zero-order valence-corrected chi connectivity index (χ0v) is 20.7. The topological polar surface area (TPSA) is 105 Å². The van der Waals surface area contributed by atoms with Gasteiger partial charge < -0.3 is 20.5 Å². The molecule has 0 fully saturated rings. The van der Waals surface area contributed by atoms with E-state index in [4.69, 9.17) is 4.74 Å². The number of aromatic carboxylic acids is 1. The maximum Gasteiger partial charge on any atom is 0.407 e. The first-order valence-corrected chi connectivity index (χ1v) is 12.1. The molecule has 0 bridgehead atoms. The highest BCUT2D eigenvalue weighted by molar-refractivity contribution is 9.10. The summed E-state index contributed by atoms with van der Waals surface area (Å²) in [6, 6.07) is 20.3. The molecule has 0 aliphatic heterocycles. The number of ether oxygens (including phenoxy) is 1. The van der Waals surface area contributed by atoms with E-state index in [0.717, 1.165) is 22.3 Å². The number of amides is 2. The van der Waals surface area contributed by atoms with Crippen molar-refractivity contribution in [1.82, 2.24) is 5.32 Å². The van der Waals surface area contributed by atoms with Crippen molar-refractivity contribution in [2.75, 3.05) is 11.9 Å². The molecule has 3 aromatic rings. The number of carbonyl (C=O) groups excluding carboxylic acids is 2. The van der Waals surface area contributed by atoms with Gasteiger partial charge in [-0.25, -0.2) is 9.59 Å². The van der Waals surface area contributed by atoms with Crippen molar-refractivity contribution in [2.24, 2.45) is 0 Å². The van der Waals surface area contributed by atoms with E-state index < -0.39 is 18.1 Å². The summed E-state index contributed by atoms with van der Waals surface area (Å²) in [6.45, 7) is 2.06. The molecule has 1 aliphatic carbocycles. The summed E-state index contributed by atoms with van der Waals surface area (Å²) in [4.78, 5) is 36.4. The normalized spacial score (nSPS) is 12.9. The van der Waals surface area contributed by atoms with Crippen LogP contribution in [-0.4, -0.2) is 35.7 Å². The van der Waals surface area contributed by atoms with Gasteiger partial charge in [0, 0.05) is 28.5 Å². The highest BCUT2D eigenvalue weighted by Gasteiger charge is 2.29. The van der Waals surface area contributed by atoms with E-state index in [1.807, 2.05) is 31.2 Å². The first-order chi connectivity index (χ1) is 16.9. The van der Waals surface area contributed by atoms with Crippen LogP contribution >= 0.6 is 15.9 Å². The molecule has 0 saturated carbocycles. The monoisotopic (exact) mass is 536 g/mol. The first-order valence-electron chi connectivity index (χ1n) is 11.3. The number of carboxylic acids is 1. The molecule has 0 heterocycles. The Bertz CT molecular complexity index is 1230. The van der Waals surface area contributed by atoms with E-state index in [9.17, 15) is 19.5 Å². The lowest BCUT2D eigenvalue weighted by atomic mass is 9.98. The SMILES string of the molecule is CCC(CC(=O)Nc1ccc(Br)c(C(=O)O)c1)NC(=O)OCC1c2ccccc2-c2ccccc21. The van der Waals surface area contributed by atoms with Gasteiger partial charge in [0.2, 0.25) is 5.91 Å². The second-order valence-corrected chi connectivity index (χ2v) is 9.18. The molecule has 7 nitrogen and oxygen atoms in total. The zero-order chi connectivity index (χ0) is 24.9. The number of benzene rings is 3. The van der Waals surface area contributed by atoms with Gasteiger partial charge in [0.05, 0.1) is 5.56 Å². The number of hydrogen-bond donors (Lipinski definition) is 3. The van der Waals surface area contributed by atoms with Crippen LogP contribution in [0, 0.1) is 0 Å². The van der Waals surface area contributed by atoms with Gasteiger partial charge in [-0.1, -0.05) is 55.5 Å². The Balaban J connectivity index is 1.34. The Morgan fingerprint density at radius 1 is 1.00 bits per heavy atom. The molecule has 0 aromatic heterocycles. The van der Waals surface area contributed by atoms with Crippen LogP contribution in [0.2, 0.25) is 0 Å². The fraction of sp³-hybridized carbons (Fsp3) is 0.222. The summed E-state index contributed by atoms with van der Waals surface area (Å²) >= 11 is 3.18. The van der Waals surface area contributed by atoms with E-state index in [1.165, 1.54) is 6.07 Å². The van der Waals surface area contributed by atoms with E-state index in [0.29, 0.717) is 16.6 Å². The number of fused-ring (bicyclic) bond motifs is 3. The molecule has 0 spiro atoms. The molecular formula is C27H25BrN2O5. The molecule has 3 aromatic carbocycles.